The number of aromatic nitrogens is 2. The van der Waals surface area contributed by atoms with Crippen molar-refractivity contribution in [1.29, 1.82) is 0 Å². The van der Waals surface area contributed by atoms with Gasteiger partial charge in [-0.3, -0.25) is 9.58 Å². The third-order valence-electron chi connectivity index (χ3n) is 3.65. The lowest BCUT2D eigenvalue weighted by Gasteiger charge is -2.23. The average molecular weight is 277 g/mol. The second-order valence-electron chi connectivity index (χ2n) is 5.02. The van der Waals surface area contributed by atoms with Gasteiger partial charge in [0.1, 0.15) is 0 Å². The third kappa shape index (κ3) is 2.39. The lowest BCUT2D eigenvalue weighted by atomic mass is 10.1. The maximum Gasteiger partial charge on any atom is 0.0534 e. The molecule has 0 amide bonds. The molecule has 1 aliphatic rings. The lowest BCUT2D eigenvalue weighted by molar-refractivity contribution is 0.211. The van der Waals surface area contributed by atoms with E-state index in [1.807, 2.05) is 36.3 Å². The van der Waals surface area contributed by atoms with Crippen LogP contribution in [0.3, 0.4) is 0 Å². The van der Waals surface area contributed by atoms with Crippen molar-refractivity contribution in [3.05, 3.63) is 52.3 Å². The van der Waals surface area contributed by atoms with Gasteiger partial charge in [-0.05, 0) is 23.3 Å². The van der Waals surface area contributed by atoms with Crippen molar-refractivity contribution < 1.29 is 0 Å². The number of benzene rings is 1. The summed E-state index contributed by atoms with van der Waals surface area (Å²) in [5.41, 5.74) is 9.74. The highest BCUT2D eigenvalue weighted by Crippen LogP contribution is 2.35. The first kappa shape index (κ1) is 12.7. The van der Waals surface area contributed by atoms with Gasteiger partial charge < -0.3 is 5.73 Å². The molecule has 1 unspecified atom stereocenters. The Morgan fingerprint density at radius 2 is 2.32 bits per heavy atom. The van der Waals surface area contributed by atoms with Crippen molar-refractivity contribution >= 4 is 11.6 Å². The van der Waals surface area contributed by atoms with Crippen LogP contribution in [-0.4, -0.2) is 21.2 Å². The first-order valence-corrected chi connectivity index (χ1v) is 6.75. The number of hydrogen-bond donors (Lipinski definition) is 1. The minimum Gasteiger partial charge on any atom is -0.329 e. The van der Waals surface area contributed by atoms with E-state index < -0.39 is 0 Å². The molecule has 0 saturated heterocycles. The summed E-state index contributed by atoms with van der Waals surface area (Å²) in [4.78, 5) is 2.37. The summed E-state index contributed by atoms with van der Waals surface area (Å²) < 4.78 is 1.83. The maximum atomic E-state index is 6.08. The summed E-state index contributed by atoms with van der Waals surface area (Å²) in [5.74, 6) is 0. The van der Waals surface area contributed by atoms with Gasteiger partial charge in [-0.1, -0.05) is 17.7 Å². The number of hydrogen-bond acceptors (Lipinski definition) is 3. The van der Waals surface area contributed by atoms with Crippen molar-refractivity contribution in [2.45, 2.75) is 19.1 Å². The summed E-state index contributed by atoms with van der Waals surface area (Å²) in [6.07, 6.45) is 3.95. The summed E-state index contributed by atoms with van der Waals surface area (Å²) in [6, 6.07) is 6.33. The quantitative estimate of drug-likeness (QED) is 0.934. The summed E-state index contributed by atoms with van der Waals surface area (Å²) >= 11 is 6.08. The van der Waals surface area contributed by atoms with Gasteiger partial charge in [-0.25, -0.2) is 0 Å². The van der Waals surface area contributed by atoms with E-state index in [-0.39, 0.29) is 6.04 Å². The van der Waals surface area contributed by atoms with Gasteiger partial charge in [0.2, 0.25) is 0 Å². The summed E-state index contributed by atoms with van der Waals surface area (Å²) in [7, 11) is 1.93. The monoisotopic (exact) mass is 276 g/mol. The molecule has 2 N–H and O–H groups in total. The molecular weight excluding hydrogens is 260 g/mol. The van der Waals surface area contributed by atoms with Crippen LogP contribution in [0, 0.1) is 0 Å². The fraction of sp³-hybridized carbons (Fsp3) is 0.357. The Kier molecular flexibility index (Phi) is 3.31. The number of rotatable bonds is 3. The molecule has 1 aromatic carbocycles. The van der Waals surface area contributed by atoms with Crippen molar-refractivity contribution in [2.75, 3.05) is 6.54 Å². The van der Waals surface area contributed by atoms with Crippen LogP contribution in [0.5, 0.6) is 0 Å². The molecule has 0 fully saturated rings. The summed E-state index contributed by atoms with van der Waals surface area (Å²) in [6.45, 7) is 2.39. The lowest BCUT2D eigenvalue weighted by Crippen LogP contribution is -2.27. The zero-order chi connectivity index (χ0) is 13.4. The molecule has 0 radical (unpaired) electrons. The van der Waals surface area contributed by atoms with E-state index in [0.29, 0.717) is 6.54 Å². The molecule has 0 saturated carbocycles. The van der Waals surface area contributed by atoms with Crippen LogP contribution in [0.1, 0.15) is 22.7 Å². The van der Waals surface area contributed by atoms with Gasteiger partial charge in [0, 0.05) is 49.5 Å². The van der Waals surface area contributed by atoms with Crippen LogP contribution in [0.15, 0.2) is 30.6 Å². The fourth-order valence-electron chi connectivity index (χ4n) is 2.78. The van der Waals surface area contributed by atoms with E-state index >= 15 is 0 Å². The molecule has 4 nitrogen and oxygen atoms in total. The Labute approximate surface area is 117 Å². The Bertz CT molecular complexity index is 593. The molecule has 0 spiro atoms. The minimum absolute atomic E-state index is 0.244. The minimum atomic E-state index is 0.244. The highest BCUT2D eigenvalue weighted by Gasteiger charge is 2.29. The Morgan fingerprint density at radius 1 is 1.47 bits per heavy atom. The van der Waals surface area contributed by atoms with Gasteiger partial charge >= 0.3 is 0 Å². The van der Waals surface area contributed by atoms with Crippen molar-refractivity contribution in [2.24, 2.45) is 12.8 Å². The zero-order valence-corrected chi connectivity index (χ0v) is 11.6. The Morgan fingerprint density at radius 3 is 3.00 bits per heavy atom. The topological polar surface area (TPSA) is 47.1 Å². The fourth-order valence-corrected chi connectivity index (χ4v) is 2.96. The highest BCUT2D eigenvalue weighted by molar-refractivity contribution is 6.30. The van der Waals surface area contributed by atoms with Crippen molar-refractivity contribution in [3.8, 4) is 0 Å². The SMILES string of the molecule is Cn1cc(CN2Cc3ccc(Cl)cc3C2CN)cn1. The zero-order valence-electron chi connectivity index (χ0n) is 10.9. The van der Waals surface area contributed by atoms with Crippen molar-refractivity contribution in [1.82, 2.24) is 14.7 Å². The van der Waals surface area contributed by atoms with Gasteiger partial charge in [-0.2, -0.15) is 5.10 Å². The highest BCUT2D eigenvalue weighted by atomic mass is 35.5. The molecule has 1 atom stereocenters. The number of nitrogens with zero attached hydrogens (tertiary/aromatic N) is 3. The molecule has 3 rings (SSSR count). The van der Waals surface area contributed by atoms with E-state index in [9.17, 15) is 0 Å². The number of nitrogens with two attached hydrogens (primary N) is 1. The van der Waals surface area contributed by atoms with Crippen LogP contribution in [0.4, 0.5) is 0 Å². The van der Waals surface area contributed by atoms with Crippen molar-refractivity contribution in [3.63, 3.8) is 0 Å². The van der Waals surface area contributed by atoms with Gasteiger partial charge in [0.05, 0.1) is 6.20 Å². The van der Waals surface area contributed by atoms with E-state index in [1.54, 1.807) is 0 Å². The van der Waals surface area contributed by atoms with Crippen LogP contribution < -0.4 is 5.73 Å². The largest absolute Gasteiger partial charge is 0.329 e. The van der Waals surface area contributed by atoms with Crippen LogP contribution >= 0.6 is 11.6 Å². The Hall–Kier alpha value is -1.36. The number of fused-ring (bicyclic) bond motifs is 1. The normalized spacial score (nSPS) is 18.8. The molecule has 2 aromatic rings. The first-order valence-electron chi connectivity index (χ1n) is 6.37. The predicted molar refractivity (Wildman–Crippen MR) is 75.7 cm³/mol. The molecule has 2 heterocycles. The summed E-state index contributed by atoms with van der Waals surface area (Å²) in [5, 5.41) is 4.99. The van der Waals surface area contributed by atoms with E-state index in [4.69, 9.17) is 17.3 Å². The molecule has 19 heavy (non-hydrogen) atoms. The molecular formula is C14H17ClN4. The molecule has 0 bridgehead atoms. The molecule has 100 valence electrons. The van der Waals surface area contributed by atoms with Crippen LogP contribution in [0.25, 0.3) is 0 Å². The number of aryl methyl sites for hydroxylation is 1. The van der Waals surface area contributed by atoms with Gasteiger partial charge in [0.25, 0.3) is 0 Å². The Balaban J connectivity index is 1.85. The first-order chi connectivity index (χ1) is 9.17. The average Bonchev–Trinajstić information content (AvgIpc) is 2.93. The molecule has 1 aliphatic heterocycles. The van der Waals surface area contributed by atoms with Crippen LogP contribution in [0.2, 0.25) is 5.02 Å². The number of halogens is 1. The molecule has 5 heteroatoms. The predicted octanol–water partition coefficient (Wildman–Crippen LogP) is 2.09. The second-order valence-corrected chi connectivity index (χ2v) is 5.46. The van der Waals surface area contributed by atoms with E-state index in [1.165, 1.54) is 16.7 Å². The van der Waals surface area contributed by atoms with Gasteiger partial charge in [0.15, 0.2) is 0 Å². The maximum absolute atomic E-state index is 6.08. The van der Waals surface area contributed by atoms with E-state index in [2.05, 4.69) is 16.1 Å². The van der Waals surface area contributed by atoms with Gasteiger partial charge in [-0.15, -0.1) is 0 Å². The standard InChI is InChI=1S/C14H17ClN4/c1-18-7-10(6-17-18)8-19-9-11-2-3-12(15)4-13(11)14(19)5-16/h2-4,6-7,14H,5,8-9,16H2,1H3. The second kappa shape index (κ2) is 4.96. The third-order valence-corrected chi connectivity index (χ3v) is 3.88. The van der Waals surface area contributed by atoms with Crippen LogP contribution in [-0.2, 0) is 20.1 Å². The van der Waals surface area contributed by atoms with E-state index in [0.717, 1.165) is 18.1 Å². The molecule has 0 aliphatic carbocycles. The molecule has 1 aromatic heterocycles. The smallest absolute Gasteiger partial charge is 0.0534 e.